The fourth-order valence-corrected chi connectivity index (χ4v) is 5.75. The Kier molecular flexibility index (Phi) is 8.54. The summed E-state index contributed by atoms with van der Waals surface area (Å²) in [6.07, 6.45) is 6.91. The van der Waals surface area contributed by atoms with Gasteiger partial charge in [0, 0.05) is 31.7 Å². The van der Waals surface area contributed by atoms with Crippen LogP contribution in [0.2, 0.25) is 0 Å². The predicted molar refractivity (Wildman–Crippen MR) is 126 cm³/mol. The first kappa shape index (κ1) is 26.4. The number of fused-ring (bicyclic) bond motifs is 1. The maximum absolute atomic E-state index is 13.6. The maximum atomic E-state index is 13.6. The monoisotopic (exact) mass is 449 g/mol. The summed E-state index contributed by atoms with van der Waals surface area (Å²) in [5, 5.41) is 15.0. The molecule has 1 fully saturated rings. The van der Waals surface area contributed by atoms with Crippen LogP contribution in [0.3, 0.4) is 0 Å². The summed E-state index contributed by atoms with van der Waals surface area (Å²) in [7, 11) is 1.59. The van der Waals surface area contributed by atoms with Crippen molar-refractivity contribution >= 4 is 17.7 Å². The van der Waals surface area contributed by atoms with E-state index in [4.69, 9.17) is 5.11 Å². The van der Waals surface area contributed by atoms with E-state index in [9.17, 15) is 14.4 Å². The van der Waals surface area contributed by atoms with Gasteiger partial charge in [-0.3, -0.25) is 14.4 Å². The van der Waals surface area contributed by atoms with Crippen LogP contribution >= 0.6 is 0 Å². The van der Waals surface area contributed by atoms with Gasteiger partial charge in [0.1, 0.15) is 6.04 Å². The number of aliphatic hydroxyl groups excluding tert-OH is 1. The lowest BCUT2D eigenvalue weighted by Gasteiger charge is -2.37. The van der Waals surface area contributed by atoms with Crippen molar-refractivity contribution < 1.29 is 19.5 Å². The number of rotatable bonds is 9. The van der Waals surface area contributed by atoms with Crippen molar-refractivity contribution in [2.75, 3.05) is 20.2 Å². The van der Waals surface area contributed by atoms with Gasteiger partial charge in [-0.25, -0.2) is 0 Å². The molecule has 7 nitrogen and oxygen atoms in total. The number of carbonyl (C=O) groups is 3. The maximum Gasteiger partial charge on any atom is 0.243 e. The average Bonchev–Trinajstić information content (AvgIpc) is 2.94. The fourth-order valence-electron chi connectivity index (χ4n) is 5.75. The number of allylic oxidation sites excluding steroid dienone is 1. The van der Waals surface area contributed by atoms with E-state index < -0.39 is 23.4 Å². The molecule has 1 aliphatic carbocycles. The molecule has 3 amide bonds. The first-order valence-corrected chi connectivity index (χ1v) is 12.0. The molecule has 1 heterocycles. The molecule has 3 N–H and O–H groups in total. The van der Waals surface area contributed by atoms with Crippen molar-refractivity contribution in [1.82, 2.24) is 15.5 Å². The van der Waals surface area contributed by atoms with Crippen LogP contribution in [0.4, 0.5) is 0 Å². The van der Waals surface area contributed by atoms with Crippen LogP contribution in [-0.4, -0.2) is 59.5 Å². The fraction of sp³-hybridized carbons (Fsp3) is 0.800. The van der Waals surface area contributed by atoms with Gasteiger partial charge in [0.15, 0.2) is 0 Å². The lowest BCUT2D eigenvalue weighted by Crippen LogP contribution is -2.54. The SMILES string of the molecule is CNC(=O)[C@H]1[C@@H]2C(=O)N(CCCCCO)[C@H](C(=O)NC(C)(C)CC(C)(C)C)[C@H]2C=C[C@H]1C. The number of unbranched alkanes of at least 4 members (excludes halogenated alkanes) is 2. The number of hydrogen-bond donors (Lipinski definition) is 3. The Labute approximate surface area is 193 Å². The van der Waals surface area contributed by atoms with Crippen molar-refractivity contribution in [1.29, 1.82) is 0 Å². The van der Waals surface area contributed by atoms with Crippen molar-refractivity contribution in [3.63, 3.8) is 0 Å². The molecule has 5 atom stereocenters. The molecule has 1 aliphatic heterocycles. The number of nitrogens with zero attached hydrogens (tertiary/aromatic N) is 1. The third-order valence-corrected chi connectivity index (χ3v) is 6.58. The van der Waals surface area contributed by atoms with Gasteiger partial charge in [-0.1, -0.05) is 39.8 Å². The summed E-state index contributed by atoms with van der Waals surface area (Å²) in [5.74, 6) is -1.84. The minimum absolute atomic E-state index is 0.0409. The zero-order valence-corrected chi connectivity index (χ0v) is 20.9. The highest BCUT2D eigenvalue weighted by atomic mass is 16.3. The van der Waals surface area contributed by atoms with E-state index >= 15 is 0 Å². The third-order valence-electron chi connectivity index (χ3n) is 6.58. The van der Waals surface area contributed by atoms with Gasteiger partial charge in [0.25, 0.3) is 0 Å². The molecule has 32 heavy (non-hydrogen) atoms. The largest absolute Gasteiger partial charge is 0.396 e. The van der Waals surface area contributed by atoms with Crippen LogP contribution in [0.1, 0.15) is 67.2 Å². The average molecular weight is 450 g/mol. The summed E-state index contributed by atoms with van der Waals surface area (Å²) >= 11 is 0. The van der Waals surface area contributed by atoms with E-state index in [1.807, 2.05) is 32.9 Å². The van der Waals surface area contributed by atoms with Crippen LogP contribution in [0.5, 0.6) is 0 Å². The lowest BCUT2D eigenvalue weighted by molar-refractivity contribution is -0.141. The number of carbonyl (C=O) groups excluding carboxylic acids is 3. The standard InChI is InChI=1S/C25H43N3O4/c1-16-11-12-17-19(18(16)21(30)26-7)23(32)28(13-9-8-10-14-29)20(17)22(31)27-25(5,6)15-24(2,3)4/h11-12,16-20,29H,8-10,13-15H2,1-7H3,(H,26,30)(H,27,31)/t16-,17+,18-,19-,20+/m1/s1. The molecule has 0 bridgehead atoms. The Hall–Kier alpha value is -1.89. The summed E-state index contributed by atoms with van der Waals surface area (Å²) in [6, 6.07) is -0.628. The lowest BCUT2D eigenvalue weighted by atomic mass is 9.70. The van der Waals surface area contributed by atoms with Gasteiger partial charge in [-0.15, -0.1) is 0 Å². The van der Waals surface area contributed by atoms with Gasteiger partial charge in [0.2, 0.25) is 17.7 Å². The number of hydrogen-bond acceptors (Lipinski definition) is 4. The van der Waals surface area contributed by atoms with Crippen LogP contribution in [0.15, 0.2) is 12.2 Å². The van der Waals surface area contributed by atoms with Crippen molar-refractivity contribution in [3.8, 4) is 0 Å². The first-order chi connectivity index (χ1) is 14.8. The first-order valence-electron chi connectivity index (χ1n) is 12.0. The third kappa shape index (κ3) is 6.12. The second kappa shape index (κ2) is 10.4. The Balaban J connectivity index is 2.35. The smallest absolute Gasteiger partial charge is 0.243 e. The Morgan fingerprint density at radius 1 is 1.06 bits per heavy atom. The van der Waals surface area contributed by atoms with E-state index in [1.165, 1.54) is 0 Å². The quantitative estimate of drug-likeness (QED) is 0.372. The van der Waals surface area contributed by atoms with Crippen LogP contribution in [-0.2, 0) is 14.4 Å². The topological polar surface area (TPSA) is 98.7 Å². The van der Waals surface area contributed by atoms with Crippen molar-refractivity contribution in [3.05, 3.63) is 12.2 Å². The molecule has 2 rings (SSSR count). The minimum atomic E-state index is -0.628. The predicted octanol–water partition coefficient (Wildman–Crippen LogP) is 2.49. The van der Waals surface area contributed by atoms with E-state index in [-0.39, 0.29) is 41.6 Å². The molecular formula is C25H43N3O4. The van der Waals surface area contributed by atoms with Crippen LogP contribution in [0.25, 0.3) is 0 Å². The molecule has 0 saturated carbocycles. The highest BCUT2D eigenvalue weighted by Crippen LogP contribution is 2.44. The molecular weight excluding hydrogens is 406 g/mol. The molecule has 7 heteroatoms. The second-order valence-electron chi connectivity index (χ2n) is 11.4. The highest BCUT2D eigenvalue weighted by Gasteiger charge is 2.56. The Morgan fingerprint density at radius 2 is 1.72 bits per heavy atom. The Morgan fingerprint density at radius 3 is 2.28 bits per heavy atom. The van der Waals surface area contributed by atoms with Crippen molar-refractivity contribution in [2.45, 2.75) is 78.8 Å². The normalized spacial score (nSPS) is 27.9. The number of amides is 3. The van der Waals surface area contributed by atoms with Crippen molar-refractivity contribution in [2.24, 2.45) is 29.1 Å². The molecule has 0 aromatic heterocycles. The number of aliphatic hydroxyl groups is 1. The Bertz CT molecular complexity index is 725. The van der Waals surface area contributed by atoms with Gasteiger partial charge in [-0.05, 0) is 50.9 Å². The molecule has 0 aromatic carbocycles. The molecule has 0 unspecified atom stereocenters. The molecule has 0 spiro atoms. The van der Waals surface area contributed by atoms with Crippen LogP contribution < -0.4 is 10.6 Å². The van der Waals surface area contributed by atoms with Gasteiger partial charge in [0.05, 0.1) is 11.8 Å². The molecule has 1 saturated heterocycles. The summed E-state index contributed by atoms with van der Waals surface area (Å²) < 4.78 is 0. The van der Waals surface area contributed by atoms with Gasteiger partial charge >= 0.3 is 0 Å². The minimum Gasteiger partial charge on any atom is -0.396 e. The summed E-state index contributed by atoms with van der Waals surface area (Å²) in [5.41, 5.74) is -0.385. The van der Waals surface area contributed by atoms with E-state index in [0.717, 1.165) is 12.8 Å². The van der Waals surface area contributed by atoms with E-state index in [1.54, 1.807) is 11.9 Å². The van der Waals surface area contributed by atoms with Gasteiger partial charge < -0.3 is 20.6 Å². The highest BCUT2D eigenvalue weighted by molar-refractivity contribution is 5.96. The van der Waals surface area contributed by atoms with E-state index in [0.29, 0.717) is 19.4 Å². The second-order valence-corrected chi connectivity index (χ2v) is 11.4. The molecule has 0 aromatic rings. The number of nitrogens with one attached hydrogen (secondary N) is 2. The molecule has 0 radical (unpaired) electrons. The summed E-state index contributed by atoms with van der Waals surface area (Å²) in [6.45, 7) is 13.0. The molecule has 2 aliphatic rings. The number of likely N-dealkylation sites (tertiary alicyclic amines) is 1. The summed E-state index contributed by atoms with van der Waals surface area (Å²) in [4.78, 5) is 41.5. The van der Waals surface area contributed by atoms with E-state index in [2.05, 4.69) is 31.4 Å². The zero-order chi connectivity index (χ0) is 24.3. The van der Waals surface area contributed by atoms with Crippen LogP contribution in [0, 0.1) is 29.1 Å². The van der Waals surface area contributed by atoms with Gasteiger partial charge in [-0.2, -0.15) is 0 Å². The zero-order valence-electron chi connectivity index (χ0n) is 20.9. The molecule has 182 valence electrons.